The van der Waals surface area contributed by atoms with Crippen LogP contribution in [0.15, 0.2) is 42.5 Å². The van der Waals surface area contributed by atoms with Crippen LogP contribution in [0.3, 0.4) is 0 Å². The molecule has 0 unspecified atom stereocenters. The van der Waals surface area contributed by atoms with Gasteiger partial charge in [0.05, 0.1) is 11.1 Å². The van der Waals surface area contributed by atoms with Crippen LogP contribution in [0.1, 0.15) is 18.4 Å². The van der Waals surface area contributed by atoms with E-state index in [1.165, 1.54) is 4.68 Å². The zero-order valence-electron chi connectivity index (χ0n) is 15.7. The molecule has 29 heavy (non-hydrogen) atoms. The maximum atomic E-state index is 14.4. The van der Waals surface area contributed by atoms with Crippen molar-refractivity contribution in [2.45, 2.75) is 25.8 Å². The first-order valence-electron chi connectivity index (χ1n) is 9.35. The standard InChI is InChI=1S/C21H18F2N6/c1-11-3-2-4-12(9-11)18-17-19(24)29(16-10-13(22)5-8-15(16)23)28-20(17)27-21(26-18)25-14-6-7-14/h2-5,8-10,14H,6-7,24H2,1H3,(H,25,27,28). The molecule has 4 aromatic rings. The molecule has 0 saturated heterocycles. The number of rotatable bonds is 4. The van der Waals surface area contributed by atoms with E-state index in [-0.39, 0.29) is 11.5 Å². The molecule has 0 atom stereocenters. The number of aryl methyl sites for hydroxylation is 1. The van der Waals surface area contributed by atoms with Gasteiger partial charge in [-0.2, -0.15) is 4.98 Å². The molecule has 8 heteroatoms. The summed E-state index contributed by atoms with van der Waals surface area (Å²) in [4.78, 5) is 9.15. The Bertz CT molecular complexity index is 1250. The van der Waals surface area contributed by atoms with E-state index in [4.69, 9.17) is 5.73 Å². The number of benzene rings is 2. The number of hydrogen-bond acceptors (Lipinski definition) is 5. The number of halogens is 2. The van der Waals surface area contributed by atoms with E-state index in [9.17, 15) is 8.78 Å². The summed E-state index contributed by atoms with van der Waals surface area (Å²) in [5.41, 5.74) is 9.10. The minimum Gasteiger partial charge on any atom is -0.383 e. The van der Waals surface area contributed by atoms with Crippen LogP contribution in [-0.2, 0) is 0 Å². The van der Waals surface area contributed by atoms with Crippen LogP contribution in [-0.4, -0.2) is 25.8 Å². The van der Waals surface area contributed by atoms with Crippen LogP contribution in [0, 0.1) is 18.6 Å². The SMILES string of the molecule is Cc1cccc(-c2nc(NC3CC3)nc3nn(-c4cc(F)ccc4F)c(N)c23)c1. The Morgan fingerprint density at radius 1 is 1.10 bits per heavy atom. The van der Waals surface area contributed by atoms with Gasteiger partial charge in [0, 0.05) is 17.7 Å². The molecule has 0 aliphatic heterocycles. The molecule has 1 aliphatic carbocycles. The number of nitrogens with two attached hydrogens (primary N) is 1. The monoisotopic (exact) mass is 392 g/mol. The van der Waals surface area contributed by atoms with Gasteiger partial charge in [0.2, 0.25) is 5.95 Å². The predicted octanol–water partition coefficient (Wildman–Crippen LogP) is 4.23. The number of hydrogen-bond donors (Lipinski definition) is 2. The van der Waals surface area contributed by atoms with E-state index < -0.39 is 11.6 Å². The number of nitrogens with one attached hydrogen (secondary N) is 1. The van der Waals surface area contributed by atoms with Gasteiger partial charge in [-0.3, -0.25) is 0 Å². The predicted molar refractivity (Wildman–Crippen MR) is 108 cm³/mol. The summed E-state index contributed by atoms with van der Waals surface area (Å²) >= 11 is 0. The van der Waals surface area contributed by atoms with Crippen molar-refractivity contribution >= 4 is 22.8 Å². The van der Waals surface area contributed by atoms with Gasteiger partial charge < -0.3 is 11.1 Å². The molecule has 6 nitrogen and oxygen atoms in total. The van der Waals surface area contributed by atoms with E-state index in [2.05, 4.69) is 20.4 Å². The minimum absolute atomic E-state index is 0.0765. The Balaban J connectivity index is 1.77. The number of nitrogens with zero attached hydrogens (tertiary/aromatic N) is 4. The highest BCUT2D eigenvalue weighted by molar-refractivity contribution is 5.99. The molecule has 1 aliphatic rings. The van der Waals surface area contributed by atoms with Crippen LogP contribution < -0.4 is 11.1 Å². The zero-order valence-corrected chi connectivity index (χ0v) is 15.7. The molecular weight excluding hydrogens is 374 g/mol. The molecule has 0 spiro atoms. The van der Waals surface area contributed by atoms with E-state index in [0.717, 1.165) is 42.2 Å². The minimum atomic E-state index is -0.632. The lowest BCUT2D eigenvalue weighted by atomic mass is 10.1. The van der Waals surface area contributed by atoms with Gasteiger partial charge in [-0.05, 0) is 38.0 Å². The lowest BCUT2D eigenvalue weighted by molar-refractivity contribution is 0.588. The third-order valence-corrected chi connectivity index (χ3v) is 4.91. The van der Waals surface area contributed by atoms with Gasteiger partial charge in [0.1, 0.15) is 23.1 Å². The molecule has 0 radical (unpaired) electrons. The van der Waals surface area contributed by atoms with E-state index in [1.807, 2.05) is 31.2 Å². The first kappa shape index (κ1) is 17.5. The highest BCUT2D eigenvalue weighted by Gasteiger charge is 2.25. The van der Waals surface area contributed by atoms with Crippen LogP contribution in [0.4, 0.5) is 20.5 Å². The molecule has 3 N–H and O–H groups in total. The second kappa shape index (κ2) is 6.51. The third kappa shape index (κ3) is 3.16. The molecule has 0 bridgehead atoms. The van der Waals surface area contributed by atoms with Gasteiger partial charge >= 0.3 is 0 Å². The van der Waals surface area contributed by atoms with Crippen molar-refractivity contribution in [3.05, 3.63) is 59.7 Å². The van der Waals surface area contributed by atoms with Gasteiger partial charge in [-0.1, -0.05) is 23.8 Å². The van der Waals surface area contributed by atoms with Gasteiger partial charge in [-0.15, -0.1) is 5.10 Å². The van der Waals surface area contributed by atoms with Crippen LogP contribution >= 0.6 is 0 Å². The number of nitrogen functional groups attached to an aromatic ring is 1. The Hall–Kier alpha value is -3.55. The average Bonchev–Trinajstić information content (AvgIpc) is 3.45. The summed E-state index contributed by atoms with van der Waals surface area (Å²) in [7, 11) is 0. The summed E-state index contributed by atoms with van der Waals surface area (Å²) in [5, 5.41) is 8.15. The molecule has 146 valence electrons. The van der Waals surface area contributed by atoms with E-state index in [0.29, 0.717) is 28.7 Å². The van der Waals surface area contributed by atoms with Crippen molar-refractivity contribution in [1.29, 1.82) is 0 Å². The van der Waals surface area contributed by atoms with E-state index >= 15 is 0 Å². The first-order valence-corrected chi connectivity index (χ1v) is 9.35. The van der Waals surface area contributed by atoms with E-state index in [1.54, 1.807) is 0 Å². The van der Waals surface area contributed by atoms with Gasteiger partial charge in [0.15, 0.2) is 5.65 Å². The second-order valence-electron chi connectivity index (χ2n) is 7.28. The Kier molecular flexibility index (Phi) is 3.94. The fourth-order valence-electron chi connectivity index (χ4n) is 3.32. The summed E-state index contributed by atoms with van der Waals surface area (Å²) in [6, 6.07) is 11.3. The van der Waals surface area contributed by atoms with Crippen molar-refractivity contribution in [3.8, 4) is 16.9 Å². The van der Waals surface area contributed by atoms with Crippen LogP contribution in [0.25, 0.3) is 28.0 Å². The molecule has 2 aromatic heterocycles. The number of anilines is 2. The third-order valence-electron chi connectivity index (χ3n) is 4.91. The summed E-state index contributed by atoms with van der Waals surface area (Å²) in [6.07, 6.45) is 2.12. The normalized spacial score (nSPS) is 13.8. The highest BCUT2D eigenvalue weighted by atomic mass is 19.1. The maximum Gasteiger partial charge on any atom is 0.225 e. The molecule has 5 rings (SSSR count). The van der Waals surface area contributed by atoms with Gasteiger partial charge in [-0.25, -0.2) is 18.4 Å². The fourth-order valence-corrected chi connectivity index (χ4v) is 3.32. The molecule has 1 fully saturated rings. The van der Waals surface area contributed by atoms with Crippen molar-refractivity contribution in [3.63, 3.8) is 0 Å². The summed E-state index contributed by atoms with van der Waals surface area (Å²) < 4.78 is 29.3. The molecule has 2 aromatic carbocycles. The van der Waals surface area contributed by atoms with Crippen molar-refractivity contribution < 1.29 is 8.78 Å². The number of aromatic nitrogens is 4. The lowest BCUT2D eigenvalue weighted by Gasteiger charge is -2.08. The maximum absolute atomic E-state index is 14.4. The molecular formula is C21H18F2N6. The largest absolute Gasteiger partial charge is 0.383 e. The Morgan fingerprint density at radius 3 is 2.69 bits per heavy atom. The van der Waals surface area contributed by atoms with Crippen LogP contribution in [0.5, 0.6) is 0 Å². The van der Waals surface area contributed by atoms with Crippen molar-refractivity contribution in [2.24, 2.45) is 0 Å². The molecule has 0 amide bonds. The first-order chi connectivity index (χ1) is 14.0. The smallest absolute Gasteiger partial charge is 0.225 e. The number of fused-ring (bicyclic) bond motifs is 1. The van der Waals surface area contributed by atoms with Crippen molar-refractivity contribution in [2.75, 3.05) is 11.1 Å². The molecule has 1 saturated carbocycles. The lowest BCUT2D eigenvalue weighted by Crippen LogP contribution is -2.06. The molecule has 2 heterocycles. The topological polar surface area (TPSA) is 81.7 Å². The zero-order chi connectivity index (χ0) is 20.1. The second-order valence-corrected chi connectivity index (χ2v) is 7.28. The van der Waals surface area contributed by atoms with Crippen LogP contribution in [0.2, 0.25) is 0 Å². The fraction of sp³-hybridized carbons (Fsp3) is 0.190. The Labute approximate surface area is 165 Å². The Morgan fingerprint density at radius 2 is 1.93 bits per heavy atom. The average molecular weight is 392 g/mol. The van der Waals surface area contributed by atoms with Crippen molar-refractivity contribution in [1.82, 2.24) is 19.7 Å². The summed E-state index contributed by atoms with van der Waals surface area (Å²) in [5.74, 6) is -0.617. The summed E-state index contributed by atoms with van der Waals surface area (Å²) in [6.45, 7) is 1.99. The quantitative estimate of drug-likeness (QED) is 0.543. The highest BCUT2D eigenvalue weighted by Crippen LogP contribution is 2.34. The van der Waals surface area contributed by atoms with Gasteiger partial charge in [0.25, 0.3) is 0 Å².